The summed E-state index contributed by atoms with van der Waals surface area (Å²) in [4.78, 5) is 28.0. The van der Waals surface area contributed by atoms with Crippen LogP contribution in [0.5, 0.6) is 0 Å². The molecule has 3 aromatic rings. The van der Waals surface area contributed by atoms with Crippen molar-refractivity contribution in [3.8, 4) is 0 Å². The van der Waals surface area contributed by atoms with Gasteiger partial charge in [-0.15, -0.1) is 0 Å². The zero-order valence-corrected chi connectivity index (χ0v) is 21.9. The summed E-state index contributed by atoms with van der Waals surface area (Å²) in [5, 5.41) is 3.26. The second-order valence-electron chi connectivity index (χ2n) is 8.24. The molecule has 36 heavy (non-hydrogen) atoms. The summed E-state index contributed by atoms with van der Waals surface area (Å²) >= 11 is 6.35. The molecule has 1 N–H and O–H groups in total. The molecule has 1 atom stereocenters. The van der Waals surface area contributed by atoms with Gasteiger partial charge < -0.3 is 10.2 Å². The molecule has 0 radical (unpaired) electrons. The smallest absolute Gasteiger partial charge is 0.264 e. The van der Waals surface area contributed by atoms with Gasteiger partial charge in [0, 0.05) is 18.1 Å². The topological polar surface area (TPSA) is 86.8 Å². The van der Waals surface area contributed by atoms with Gasteiger partial charge in [-0.3, -0.25) is 13.9 Å². The summed E-state index contributed by atoms with van der Waals surface area (Å²) in [7, 11) is -4.06. The first-order valence-electron chi connectivity index (χ1n) is 11.7. The number of hydrogen-bond acceptors (Lipinski definition) is 4. The van der Waals surface area contributed by atoms with Crippen LogP contribution in [-0.2, 0) is 26.2 Å². The number of para-hydroxylation sites is 1. The highest BCUT2D eigenvalue weighted by atomic mass is 35.5. The van der Waals surface area contributed by atoms with E-state index in [4.69, 9.17) is 11.6 Å². The predicted octanol–water partition coefficient (Wildman–Crippen LogP) is 4.48. The molecule has 3 rings (SSSR count). The second kappa shape index (κ2) is 12.6. The summed E-state index contributed by atoms with van der Waals surface area (Å²) < 4.78 is 28.3. The Bertz CT molecular complexity index is 1270. The van der Waals surface area contributed by atoms with Gasteiger partial charge >= 0.3 is 0 Å². The first-order valence-corrected chi connectivity index (χ1v) is 13.5. The maximum absolute atomic E-state index is 13.7. The van der Waals surface area contributed by atoms with Gasteiger partial charge in [0.1, 0.15) is 12.6 Å². The Morgan fingerprint density at radius 1 is 0.917 bits per heavy atom. The van der Waals surface area contributed by atoms with Crippen molar-refractivity contribution in [2.75, 3.05) is 17.4 Å². The highest BCUT2D eigenvalue weighted by molar-refractivity contribution is 7.92. The molecule has 0 fully saturated rings. The van der Waals surface area contributed by atoms with Gasteiger partial charge in [-0.05, 0) is 49.2 Å². The third-order valence-corrected chi connectivity index (χ3v) is 7.83. The number of nitrogens with zero attached hydrogens (tertiary/aromatic N) is 2. The standard InChI is InChI=1S/C27H30ClN3O4S/c1-3-18-29-27(33)21(2)30(19-22-12-10-11-17-25(22)28)26(32)20-31(23-13-6-4-7-14-23)36(34,35)24-15-8-5-9-16-24/h4-17,21H,3,18-20H2,1-2H3,(H,29,33). The van der Waals surface area contributed by atoms with Crippen LogP contribution in [0.25, 0.3) is 0 Å². The number of halogens is 1. The number of carbonyl (C=O) groups is 2. The molecule has 0 aliphatic heterocycles. The number of sulfonamides is 1. The third-order valence-electron chi connectivity index (χ3n) is 5.67. The quantitative estimate of drug-likeness (QED) is 0.398. The van der Waals surface area contributed by atoms with Crippen LogP contribution < -0.4 is 9.62 Å². The van der Waals surface area contributed by atoms with E-state index in [2.05, 4.69) is 5.32 Å². The molecule has 0 aliphatic rings. The Morgan fingerprint density at radius 3 is 2.11 bits per heavy atom. The molecular weight excluding hydrogens is 498 g/mol. The minimum absolute atomic E-state index is 0.0488. The lowest BCUT2D eigenvalue weighted by molar-refractivity contribution is -0.139. The van der Waals surface area contributed by atoms with Crippen LogP contribution in [0.4, 0.5) is 5.69 Å². The molecule has 9 heteroatoms. The van der Waals surface area contributed by atoms with E-state index in [1.165, 1.54) is 17.0 Å². The fraction of sp³-hybridized carbons (Fsp3) is 0.259. The summed E-state index contributed by atoms with van der Waals surface area (Å²) in [5.41, 5.74) is 0.996. The summed E-state index contributed by atoms with van der Waals surface area (Å²) in [6, 6.07) is 22.6. The lowest BCUT2D eigenvalue weighted by atomic mass is 10.1. The molecule has 3 aromatic carbocycles. The van der Waals surface area contributed by atoms with E-state index in [0.29, 0.717) is 22.8 Å². The molecule has 190 valence electrons. The number of benzene rings is 3. The van der Waals surface area contributed by atoms with Crippen molar-refractivity contribution in [1.29, 1.82) is 0 Å². The third kappa shape index (κ3) is 6.65. The fourth-order valence-electron chi connectivity index (χ4n) is 3.63. The molecular formula is C27H30ClN3O4S. The maximum Gasteiger partial charge on any atom is 0.264 e. The van der Waals surface area contributed by atoms with E-state index >= 15 is 0 Å². The van der Waals surface area contributed by atoms with Crippen LogP contribution in [0.1, 0.15) is 25.8 Å². The van der Waals surface area contributed by atoms with Gasteiger partial charge in [-0.25, -0.2) is 8.42 Å². The van der Waals surface area contributed by atoms with Gasteiger partial charge in [0.15, 0.2) is 0 Å². The Balaban J connectivity index is 1.99. The van der Waals surface area contributed by atoms with Gasteiger partial charge in [-0.2, -0.15) is 0 Å². The number of amides is 2. The minimum atomic E-state index is -4.06. The monoisotopic (exact) mass is 527 g/mol. The lowest BCUT2D eigenvalue weighted by Crippen LogP contribution is -2.51. The molecule has 2 amide bonds. The SMILES string of the molecule is CCCNC(=O)C(C)N(Cc1ccccc1Cl)C(=O)CN(c1ccccc1)S(=O)(=O)c1ccccc1. The van der Waals surface area contributed by atoms with Crippen LogP contribution in [-0.4, -0.2) is 44.3 Å². The molecule has 0 aliphatic carbocycles. The van der Waals surface area contributed by atoms with E-state index in [0.717, 1.165) is 10.7 Å². The molecule has 0 heterocycles. The zero-order chi connectivity index (χ0) is 26.1. The van der Waals surface area contributed by atoms with Crippen molar-refractivity contribution in [2.24, 2.45) is 0 Å². The van der Waals surface area contributed by atoms with E-state index < -0.39 is 28.5 Å². The maximum atomic E-state index is 13.7. The van der Waals surface area contributed by atoms with E-state index in [-0.39, 0.29) is 17.3 Å². The Kier molecular flexibility index (Phi) is 9.50. The van der Waals surface area contributed by atoms with Crippen LogP contribution in [0.2, 0.25) is 5.02 Å². The molecule has 0 saturated carbocycles. The summed E-state index contributed by atoms with van der Waals surface area (Å²) in [6.45, 7) is 3.59. The number of hydrogen-bond donors (Lipinski definition) is 1. The highest BCUT2D eigenvalue weighted by Gasteiger charge is 2.32. The fourth-order valence-corrected chi connectivity index (χ4v) is 5.26. The number of anilines is 1. The number of rotatable bonds is 11. The van der Waals surface area contributed by atoms with Crippen molar-refractivity contribution >= 4 is 39.1 Å². The minimum Gasteiger partial charge on any atom is -0.354 e. The molecule has 7 nitrogen and oxygen atoms in total. The number of carbonyl (C=O) groups excluding carboxylic acids is 2. The van der Waals surface area contributed by atoms with Gasteiger partial charge in [0.2, 0.25) is 11.8 Å². The summed E-state index contributed by atoms with van der Waals surface area (Å²) in [5.74, 6) is -0.855. The van der Waals surface area contributed by atoms with Crippen molar-refractivity contribution in [3.63, 3.8) is 0 Å². The molecule has 0 bridgehead atoms. The molecule has 0 spiro atoms. The first kappa shape index (κ1) is 27.2. The largest absolute Gasteiger partial charge is 0.354 e. The Hall–Kier alpha value is -3.36. The van der Waals surface area contributed by atoms with Crippen molar-refractivity contribution < 1.29 is 18.0 Å². The van der Waals surface area contributed by atoms with Gasteiger partial charge in [-0.1, -0.05) is 73.1 Å². The second-order valence-corrected chi connectivity index (χ2v) is 10.5. The molecule has 1 unspecified atom stereocenters. The van der Waals surface area contributed by atoms with Gasteiger partial charge in [0.25, 0.3) is 10.0 Å². The van der Waals surface area contributed by atoms with Crippen molar-refractivity contribution in [2.45, 2.75) is 37.8 Å². The van der Waals surface area contributed by atoms with Crippen LogP contribution >= 0.6 is 11.6 Å². The average molecular weight is 528 g/mol. The van der Waals surface area contributed by atoms with Crippen LogP contribution in [0, 0.1) is 0 Å². The normalized spacial score (nSPS) is 12.0. The van der Waals surface area contributed by atoms with Crippen molar-refractivity contribution in [3.05, 3.63) is 95.5 Å². The van der Waals surface area contributed by atoms with E-state index in [9.17, 15) is 18.0 Å². The Labute approximate surface area is 217 Å². The molecule has 0 saturated heterocycles. The molecule has 0 aromatic heterocycles. The van der Waals surface area contributed by atoms with Gasteiger partial charge in [0.05, 0.1) is 10.6 Å². The Morgan fingerprint density at radius 2 is 1.50 bits per heavy atom. The highest BCUT2D eigenvalue weighted by Crippen LogP contribution is 2.25. The number of nitrogens with one attached hydrogen (secondary N) is 1. The first-order chi connectivity index (χ1) is 17.3. The van der Waals surface area contributed by atoms with Crippen LogP contribution in [0.3, 0.4) is 0 Å². The van der Waals surface area contributed by atoms with Crippen molar-refractivity contribution in [1.82, 2.24) is 10.2 Å². The zero-order valence-electron chi connectivity index (χ0n) is 20.3. The lowest BCUT2D eigenvalue weighted by Gasteiger charge is -2.32. The van der Waals surface area contributed by atoms with E-state index in [1.807, 2.05) is 6.92 Å². The van der Waals surface area contributed by atoms with E-state index in [1.54, 1.807) is 79.7 Å². The van der Waals surface area contributed by atoms with Crippen LogP contribution in [0.15, 0.2) is 89.8 Å². The average Bonchev–Trinajstić information content (AvgIpc) is 2.90. The summed E-state index contributed by atoms with van der Waals surface area (Å²) in [6.07, 6.45) is 0.744. The predicted molar refractivity (Wildman–Crippen MR) is 142 cm³/mol.